The number of benzene rings is 1. The van der Waals surface area contributed by atoms with E-state index in [-0.39, 0.29) is 5.02 Å². The first-order valence-electron chi connectivity index (χ1n) is 6.14. The largest absolute Gasteiger partial charge is 0.397 e. The second-order valence-corrected chi connectivity index (χ2v) is 4.96. The van der Waals surface area contributed by atoms with Crippen LogP contribution in [0.25, 0.3) is 0 Å². The summed E-state index contributed by atoms with van der Waals surface area (Å²) >= 11 is 5.84. The average Bonchev–Trinajstić information content (AvgIpc) is 2.80. The molecule has 0 bridgehead atoms. The Morgan fingerprint density at radius 2 is 2.06 bits per heavy atom. The third kappa shape index (κ3) is 2.49. The molecule has 2 nitrogen and oxygen atoms in total. The lowest BCUT2D eigenvalue weighted by atomic mass is 10.1. The highest BCUT2D eigenvalue weighted by Crippen LogP contribution is 2.34. The van der Waals surface area contributed by atoms with Gasteiger partial charge in [-0.15, -0.1) is 0 Å². The summed E-state index contributed by atoms with van der Waals surface area (Å²) in [6.07, 6.45) is 4.89. The van der Waals surface area contributed by atoms with Crippen molar-refractivity contribution in [3.63, 3.8) is 0 Å². The van der Waals surface area contributed by atoms with E-state index in [4.69, 9.17) is 17.3 Å². The summed E-state index contributed by atoms with van der Waals surface area (Å²) in [5.41, 5.74) is 7.23. The highest BCUT2D eigenvalue weighted by molar-refractivity contribution is 6.31. The molecule has 1 aromatic carbocycles. The number of anilines is 2. The van der Waals surface area contributed by atoms with Crippen LogP contribution in [0.2, 0.25) is 5.02 Å². The van der Waals surface area contributed by atoms with Gasteiger partial charge >= 0.3 is 0 Å². The molecule has 17 heavy (non-hydrogen) atoms. The minimum absolute atomic E-state index is 0.144. The molecule has 4 heteroatoms. The van der Waals surface area contributed by atoms with E-state index in [1.807, 2.05) is 0 Å². The van der Waals surface area contributed by atoms with E-state index < -0.39 is 5.82 Å². The molecule has 0 atom stereocenters. The Morgan fingerprint density at radius 3 is 2.65 bits per heavy atom. The van der Waals surface area contributed by atoms with Crippen LogP contribution >= 0.6 is 11.6 Å². The molecule has 0 heterocycles. The first kappa shape index (κ1) is 12.5. The van der Waals surface area contributed by atoms with Crippen molar-refractivity contribution in [2.75, 3.05) is 17.2 Å². The third-order valence-corrected chi connectivity index (χ3v) is 3.77. The van der Waals surface area contributed by atoms with Crippen LogP contribution in [-0.4, -0.2) is 12.6 Å². The van der Waals surface area contributed by atoms with Gasteiger partial charge in [-0.3, -0.25) is 0 Å². The van der Waals surface area contributed by atoms with E-state index in [1.165, 1.54) is 31.7 Å². The van der Waals surface area contributed by atoms with E-state index in [9.17, 15) is 4.39 Å². The highest BCUT2D eigenvalue weighted by Gasteiger charge is 2.23. The number of hydrogen-bond donors (Lipinski definition) is 1. The molecule has 0 aliphatic heterocycles. The summed E-state index contributed by atoms with van der Waals surface area (Å²) in [6, 6.07) is 3.48. The number of hydrogen-bond acceptors (Lipinski definition) is 2. The fraction of sp³-hybridized carbons (Fsp3) is 0.538. The van der Waals surface area contributed by atoms with Crippen LogP contribution in [0.1, 0.15) is 32.6 Å². The first-order chi connectivity index (χ1) is 8.13. The highest BCUT2D eigenvalue weighted by atomic mass is 35.5. The Balaban J connectivity index is 2.32. The predicted molar refractivity (Wildman–Crippen MR) is 71.1 cm³/mol. The summed E-state index contributed by atoms with van der Waals surface area (Å²) in [7, 11) is 0. The van der Waals surface area contributed by atoms with Gasteiger partial charge in [0.15, 0.2) is 0 Å². The molecule has 1 saturated carbocycles. The van der Waals surface area contributed by atoms with Crippen molar-refractivity contribution < 1.29 is 4.39 Å². The van der Waals surface area contributed by atoms with Gasteiger partial charge in [-0.2, -0.15) is 0 Å². The molecule has 2 rings (SSSR count). The topological polar surface area (TPSA) is 29.3 Å². The second kappa shape index (κ2) is 5.13. The molecule has 0 radical (unpaired) electrons. The molecule has 0 unspecified atom stereocenters. The van der Waals surface area contributed by atoms with E-state index in [0.717, 1.165) is 12.2 Å². The van der Waals surface area contributed by atoms with E-state index in [2.05, 4.69) is 11.8 Å². The summed E-state index contributed by atoms with van der Waals surface area (Å²) in [6.45, 7) is 2.96. The number of nitrogen functional groups attached to an aromatic ring is 1. The van der Waals surface area contributed by atoms with Crippen LogP contribution in [0.5, 0.6) is 0 Å². The van der Waals surface area contributed by atoms with Crippen molar-refractivity contribution in [1.29, 1.82) is 0 Å². The molecule has 0 amide bonds. The van der Waals surface area contributed by atoms with Gasteiger partial charge in [-0.05, 0) is 25.8 Å². The fourth-order valence-corrected chi connectivity index (χ4v) is 2.80. The summed E-state index contributed by atoms with van der Waals surface area (Å²) in [4.78, 5) is 2.24. The van der Waals surface area contributed by atoms with Crippen molar-refractivity contribution in [3.8, 4) is 0 Å². The molecule has 1 aromatic rings. The number of rotatable bonds is 3. The monoisotopic (exact) mass is 256 g/mol. The van der Waals surface area contributed by atoms with Crippen LogP contribution in [0.4, 0.5) is 15.8 Å². The minimum Gasteiger partial charge on any atom is -0.397 e. The normalized spacial score (nSPS) is 16.4. The first-order valence-corrected chi connectivity index (χ1v) is 6.52. The molecule has 0 saturated heterocycles. The standard InChI is InChI=1S/C13H18ClFN2/c1-2-17(9-5-3-4-6-9)13-7-10(14)11(15)8-12(13)16/h7-9H,2-6,16H2,1H3. The van der Waals surface area contributed by atoms with Crippen molar-refractivity contribution >= 4 is 23.0 Å². The lowest BCUT2D eigenvalue weighted by molar-refractivity contribution is 0.614. The Labute approximate surface area is 107 Å². The van der Waals surface area contributed by atoms with Gasteiger partial charge in [-0.1, -0.05) is 24.4 Å². The Kier molecular flexibility index (Phi) is 3.77. The van der Waals surface area contributed by atoms with Gasteiger partial charge in [0.25, 0.3) is 0 Å². The molecular formula is C13H18ClFN2. The maximum absolute atomic E-state index is 13.3. The summed E-state index contributed by atoms with van der Waals surface area (Å²) in [5.74, 6) is -0.449. The molecule has 1 fully saturated rings. The SMILES string of the molecule is CCN(c1cc(Cl)c(F)cc1N)C1CCCC1. The predicted octanol–water partition coefficient (Wildman–Crippen LogP) is 3.83. The molecular weight excluding hydrogens is 239 g/mol. The minimum atomic E-state index is -0.449. The van der Waals surface area contributed by atoms with Crippen LogP contribution < -0.4 is 10.6 Å². The smallest absolute Gasteiger partial charge is 0.143 e. The van der Waals surface area contributed by atoms with Crippen molar-refractivity contribution in [2.45, 2.75) is 38.6 Å². The number of halogens is 2. The molecule has 2 N–H and O–H groups in total. The zero-order valence-electron chi connectivity index (χ0n) is 10.0. The van der Waals surface area contributed by atoms with Gasteiger partial charge in [-0.25, -0.2) is 4.39 Å². The van der Waals surface area contributed by atoms with Crippen LogP contribution in [0.15, 0.2) is 12.1 Å². The third-order valence-electron chi connectivity index (χ3n) is 3.49. The van der Waals surface area contributed by atoms with Crippen LogP contribution in [-0.2, 0) is 0 Å². The number of nitrogens with two attached hydrogens (primary N) is 1. The van der Waals surface area contributed by atoms with Gasteiger partial charge < -0.3 is 10.6 Å². The van der Waals surface area contributed by atoms with Crippen LogP contribution in [0, 0.1) is 5.82 Å². The maximum Gasteiger partial charge on any atom is 0.143 e. The van der Waals surface area contributed by atoms with Gasteiger partial charge in [0.1, 0.15) is 5.82 Å². The Morgan fingerprint density at radius 1 is 1.41 bits per heavy atom. The summed E-state index contributed by atoms with van der Waals surface area (Å²) in [5, 5.41) is 0.144. The van der Waals surface area contributed by atoms with Gasteiger partial charge in [0.2, 0.25) is 0 Å². The Bertz CT molecular complexity index is 403. The van der Waals surface area contributed by atoms with Crippen molar-refractivity contribution in [2.24, 2.45) is 0 Å². The van der Waals surface area contributed by atoms with Gasteiger partial charge in [0.05, 0.1) is 16.4 Å². The Hall–Kier alpha value is -0.960. The average molecular weight is 257 g/mol. The quantitative estimate of drug-likeness (QED) is 0.833. The fourth-order valence-electron chi connectivity index (χ4n) is 2.64. The lowest BCUT2D eigenvalue weighted by Gasteiger charge is -2.31. The summed E-state index contributed by atoms with van der Waals surface area (Å²) < 4.78 is 13.3. The van der Waals surface area contributed by atoms with Crippen molar-refractivity contribution in [1.82, 2.24) is 0 Å². The molecule has 1 aliphatic rings. The zero-order chi connectivity index (χ0) is 12.4. The van der Waals surface area contributed by atoms with E-state index >= 15 is 0 Å². The molecule has 1 aliphatic carbocycles. The van der Waals surface area contributed by atoms with E-state index in [1.54, 1.807) is 6.07 Å². The second-order valence-electron chi connectivity index (χ2n) is 4.55. The maximum atomic E-state index is 13.3. The molecule has 94 valence electrons. The number of nitrogens with zero attached hydrogens (tertiary/aromatic N) is 1. The van der Waals surface area contributed by atoms with Crippen molar-refractivity contribution in [3.05, 3.63) is 23.0 Å². The molecule has 0 spiro atoms. The lowest BCUT2D eigenvalue weighted by Crippen LogP contribution is -2.33. The van der Waals surface area contributed by atoms with Gasteiger partial charge in [0, 0.05) is 18.7 Å². The molecule has 0 aromatic heterocycles. The van der Waals surface area contributed by atoms with E-state index in [0.29, 0.717) is 11.7 Å². The zero-order valence-corrected chi connectivity index (χ0v) is 10.8. The van der Waals surface area contributed by atoms with Crippen LogP contribution in [0.3, 0.4) is 0 Å².